The third-order valence-corrected chi connectivity index (χ3v) is 8.59. The average Bonchev–Trinajstić information content (AvgIpc) is 3.19. The summed E-state index contributed by atoms with van der Waals surface area (Å²) >= 11 is 0. The van der Waals surface area contributed by atoms with Gasteiger partial charge in [0.25, 0.3) is 0 Å². The molecule has 0 spiro atoms. The van der Waals surface area contributed by atoms with Gasteiger partial charge in [-0.25, -0.2) is 18.7 Å². The van der Waals surface area contributed by atoms with Crippen LogP contribution in [0.15, 0.2) is 11.3 Å². The summed E-state index contributed by atoms with van der Waals surface area (Å²) in [4.78, 5) is 47.7. The molecule has 1 unspecified atom stereocenters. The maximum absolute atomic E-state index is 11.5. The van der Waals surface area contributed by atoms with Crippen LogP contribution in [0.2, 0.25) is 0 Å². The molecule has 0 aliphatic carbocycles. The SMILES string of the molecule is NC1=Nc2c(ncn2[C@@H]2O[C@H](CO)[C@@H](O)[C@H]2O)C(O)(S(=O)(=O)O)N1.O=P(O)(O)OP(=O)(O)OP(=O)(O)O. The quantitative estimate of drug-likeness (QED) is 0.100. The van der Waals surface area contributed by atoms with Crippen molar-refractivity contribution in [1.82, 2.24) is 14.9 Å². The number of aliphatic hydroxyl groups excluding tert-OH is 3. The van der Waals surface area contributed by atoms with Crippen molar-refractivity contribution in [2.75, 3.05) is 6.61 Å². The molecule has 1 saturated heterocycles. The number of ether oxygens (including phenoxy) is 1. The van der Waals surface area contributed by atoms with Crippen LogP contribution >= 0.6 is 23.5 Å². The van der Waals surface area contributed by atoms with Crippen LogP contribution in [0.3, 0.4) is 0 Å². The minimum Gasteiger partial charge on any atom is -0.394 e. The third-order valence-electron chi connectivity index (χ3n) is 4.20. The summed E-state index contributed by atoms with van der Waals surface area (Å²) in [5.41, 5.74) is 4.83. The van der Waals surface area contributed by atoms with Gasteiger partial charge >= 0.3 is 38.6 Å². The molecule has 13 N–H and O–H groups in total. The number of fused-ring (bicyclic) bond motifs is 1. The van der Waals surface area contributed by atoms with Gasteiger partial charge in [0.2, 0.25) is 0 Å². The second-order valence-electron chi connectivity index (χ2n) is 6.91. The van der Waals surface area contributed by atoms with Crippen molar-refractivity contribution in [2.45, 2.75) is 29.6 Å². The molecular formula is C10H20N5O18P3S. The number of nitrogens with one attached hydrogen (secondary N) is 1. The van der Waals surface area contributed by atoms with Gasteiger partial charge in [-0.1, -0.05) is 0 Å². The van der Waals surface area contributed by atoms with Crippen molar-refractivity contribution in [2.24, 2.45) is 10.7 Å². The summed E-state index contributed by atoms with van der Waals surface area (Å²) in [6.45, 7) is -0.576. The summed E-state index contributed by atoms with van der Waals surface area (Å²) in [5.74, 6) is -0.864. The molecule has 1 aromatic heterocycles. The van der Waals surface area contributed by atoms with Gasteiger partial charge in [-0.05, 0) is 0 Å². The smallest absolute Gasteiger partial charge is 0.394 e. The van der Waals surface area contributed by atoms with Gasteiger partial charge in [0, 0.05) is 0 Å². The zero-order valence-corrected chi connectivity index (χ0v) is 21.0. The molecule has 0 radical (unpaired) electrons. The fourth-order valence-corrected chi connectivity index (χ4v) is 6.01. The minimum atomic E-state index is -5.46. The number of hydrogen-bond acceptors (Lipinski definition) is 16. The zero-order chi connectivity index (χ0) is 28.8. The first-order valence-corrected chi connectivity index (χ1v) is 14.9. The van der Waals surface area contributed by atoms with E-state index in [2.05, 4.69) is 18.6 Å². The molecule has 3 rings (SSSR count). The van der Waals surface area contributed by atoms with Crippen LogP contribution in [0.1, 0.15) is 11.9 Å². The van der Waals surface area contributed by atoms with Crippen molar-refractivity contribution >= 4 is 45.4 Å². The Hall–Kier alpha value is -1.40. The van der Waals surface area contributed by atoms with Crippen LogP contribution in [0.4, 0.5) is 5.82 Å². The lowest BCUT2D eigenvalue weighted by atomic mass is 10.1. The molecule has 37 heavy (non-hydrogen) atoms. The largest absolute Gasteiger partial charge is 0.490 e. The Balaban J connectivity index is 0.000000317. The van der Waals surface area contributed by atoms with Gasteiger partial charge in [-0.2, -0.15) is 22.0 Å². The predicted molar refractivity (Wildman–Crippen MR) is 111 cm³/mol. The number of aromatic nitrogens is 2. The average molecular weight is 623 g/mol. The second-order valence-corrected chi connectivity index (χ2v) is 12.7. The molecule has 5 atom stereocenters. The summed E-state index contributed by atoms with van der Waals surface area (Å²) < 4.78 is 74.9. The van der Waals surface area contributed by atoms with Crippen molar-refractivity contribution in [3.8, 4) is 0 Å². The molecule has 214 valence electrons. The van der Waals surface area contributed by atoms with E-state index in [4.69, 9.17) is 40.0 Å². The number of nitrogens with zero attached hydrogens (tertiary/aromatic N) is 3. The van der Waals surface area contributed by atoms with Crippen LogP contribution in [-0.4, -0.2) is 98.3 Å². The van der Waals surface area contributed by atoms with Crippen molar-refractivity contribution in [1.29, 1.82) is 0 Å². The number of hydrogen-bond donors (Lipinski definition) is 12. The Morgan fingerprint density at radius 1 is 1.11 bits per heavy atom. The highest BCUT2D eigenvalue weighted by molar-refractivity contribution is 7.86. The van der Waals surface area contributed by atoms with Crippen LogP contribution in [0, 0.1) is 0 Å². The Kier molecular flexibility index (Phi) is 9.15. The van der Waals surface area contributed by atoms with Gasteiger partial charge in [0.05, 0.1) is 12.9 Å². The first kappa shape index (κ1) is 31.8. The molecule has 0 amide bonds. The molecule has 2 aliphatic rings. The molecule has 3 heterocycles. The number of phosphoric acid groups is 3. The van der Waals surface area contributed by atoms with Crippen LogP contribution < -0.4 is 11.1 Å². The van der Waals surface area contributed by atoms with E-state index in [1.165, 1.54) is 0 Å². The number of guanidine groups is 1. The summed E-state index contributed by atoms with van der Waals surface area (Å²) in [5, 5.41) is 38.0. The van der Waals surface area contributed by atoms with E-state index >= 15 is 0 Å². The summed E-state index contributed by atoms with van der Waals surface area (Å²) in [6, 6.07) is 0. The van der Waals surface area contributed by atoms with Crippen molar-refractivity contribution < 1.29 is 84.9 Å². The van der Waals surface area contributed by atoms with E-state index in [1.54, 1.807) is 0 Å². The normalized spacial score (nSPS) is 28.5. The number of aliphatic imine (C=N–C) groups is 1. The molecule has 27 heteroatoms. The van der Waals surface area contributed by atoms with Gasteiger partial charge in [-0.3, -0.25) is 9.12 Å². The third kappa shape index (κ3) is 7.59. The Morgan fingerprint density at radius 2 is 1.62 bits per heavy atom. The number of rotatable bonds is 7. The van der Waals surface area contributed by atoms with Gasteiger partial charge in [0.1, 0.15) is 18.3 Å². The molecule has 1 fully saturated rings. The highest BCUT2D eigenvalue weighted by Gasteiger charge is 2.52. The van der Waals surface area contributed by atoms with Gasteiger partial charge < -0.3 is 60.7 Å². The standard InChI is InChI=1S/C10H15N5O8S.H5O10P3/c11-9-13-7-6(10(19,14-9)24(20,21)22)12-2-15(7)8-5(18)4(17)3(1-16)23-8;1-11(2,3)9-13(7,8)10-12(4,5)6/h2-5,8,16-19H,1H2,(H3,11,13,14)(H,20,21,22);(H,7,8)(H2,1,2,3)(H2,4,5,6)/t3-,4-,5-,8-,10?;/m1./s1. The van der Waals surface area contributed by atoms with Crippen molar-refractivity contribution in [3.05, 3.63) is 12.0 Å². The van der Waals surface area contributed by atoms with E-state index in [0.29, 0.717) is 0 Å². The van der Waals surface area contributed by atoms with E-state index in [1.807, 2.05) is 5.32 Å². The number of nitrogens with two attached hydrogens (primary N) is 1. The van der Waals surface area contributed by atoms with E-state index in [0.717, 1.165) is 10.9 Å². The summed E-state index contributed by atoms with van der Waals surface area (Å²) in [7, 11) is -21.3. The zero-order valence-electron chi connectivity index (χ0n) is 17.5. The molecule has 0 aromatic carbocycles. The Morgan fingerprint density at radius 3 is 2.03 bits per heavy atom. The molecule has 0 saturated carbocycles. The maximum Gasteiger partial charge on any atom is 0.490 e. The Labute approximate surface area is 204 Å². The second kappa shape index (κ2) is 10.6. The van der Waals surface area contributed by atoms with Gasteiger partial charge in [0.15, 0.2) is 23.7 Å². The fraction of sp³-hybridized carbons (Fsp3) is 0.600. The molecule has 23 nitrogen and oxygen atoms in total. The maximum atomic E-state index is 11.5. The first-order valence-electron chi connectivity index (χ1n) is 8.89. The highest BCUT2D eigenvalue weighted by atomic mass is 32.2. The minimum absolute atomic E-state index is 0.318. The lowest BCUT2D eigenvalue weighted by Gasteiger charge is -2.29. The number of imidazole rings is 1. The highest BCUT2D eigenvalue weighted by Crippen LogP contribution is 2.64. The lowest BCUT2D eigenvalue weighted by Crippen LogP contribution is -2.55. The molecular weight excluding hydrogens is 603 g/mol. The van der Waals surface area contributed by atoms with E-state index in [9.17, 15) is 42.0 Å². The lowest BCUT2D eigenvalue weighted by molar-refractivity contribution is -0.0521. The Bertz CT molecular complexity index is 1260. The predicted octanol–water partition coefficient (Wildman–Crippen LogP) is -4.66. The van der Waals surface area contributed by atoms with Crippen LogP contribution in [-0.2, 0) is 42.2 Å². The van der Waals surface area contributed by atoms with Crippen LogP contribution in [0.5, 0.6) is 0 Å². The fourth-order valence-electron chi connectivity index (χ4n) is 2.85. The van der Waals surface area contributed by atoms with Gasteiger partial charge in [-0.15, -0.1) is 0 Å². The summed E-state index contributed by atoms with van der Waals surface area (Å²) in [6.07, 6.45) is -4.31. The molecule has 0 bridgehead atoms. The first-order chi connectivity index (χ1) is 16.5. The van der Waals surface area contributed by atoms with Crippen LogP contribution in [0.25, 0.3) is 0 Å². The van der Waals surface area contributed by atoms with E-state index in [-0.39, 0.29) is 5.82 Å². The molecule has 1 aromatic rings. The molecule has 2 aliphatic heterocycles. The van der Waals surface area contributed by atoms with Crippen molar-refractivity contribution in [3.63, 3.8) is 0 Å². The topological polar surface area (TPSA) is 384 Å². The van der Waals surface area contributed by atoms with E-state index < -0.39 is 81.4 Å². The number of aliphatic hydroxyl groups is 4. The monoisotopic (exact) mass is 623 g/mol.